The molecule has 2 heteroatoms. The van der Waals surface area contributed by atoms with Crippen LogP contribution in [0.5, 0.6) is 0 Å². The molecule has 0 aliphatic carbocycles. The van der Waals surface area contributed by atoms with E-state index in [2.05, 4.69) is 88.4 Å². The zero-order chi connectivity index (χ0) is 20.1. The van der Waals surface area contributed by atoms with Gasteiger partial charge in [-0.3, -0.25) is 0 Å². The Morgan fingerprint density at radius 1 is 0.857 bits per heavy atom. The third-order valence-corrected chi connectivity index (χ3v) is 5.72. The number of nitriles is 1. The van der Waals surface area contributed by atoms with Gasteiger partial charge in [0, 0.05) is 9.79 Å². The zero-order valence-corrected chi connectivity index (χ0v) is 17.7. The van der Waals surface area contributed by atoms with Crippen molar-refractivity contribution < 1.29 is 0 Å². The summed E-state index contributed by atoms with van der Waals surface area (Å²) in [5, 5.41) is 9.75. The lowest BCUT2D eigenvalue weighted by molar-refractivity contribution is 0.590. The monoisotopic (exact) mass is 383 g/mol. The number of rotatable bonds is 4. The van der Waals surface area contributed by atoms with Crippen LogP contribution in [-0.4, -0.2) is 0 Å². The first-order chi connectivity index (χ1) is 13.4. The molecule has 0 heterocycles. The van der Waals surface area contributed by atoms with Gasteiger partial charge in [-0.2, -0.15) is 5.26 Å². The summed E-state index contributed by atoms with van der Waals surface area (Å²) in [6.45, 7) is 8.73. The van der Waals surface area contributed by atoms with E-state index in [1.165, 1.54) is 11.1 Å². The molecule has 3 aromatic rings. The molecule has 0 N–H and O–H groups in total. The Morgan fingerprint density at radius 3 is 2.14 bits per heavy atom. The summed E-state index contributed by atoms with van der Waals surface area (Å²) in [7, 11) is 0. The fourth-order valence-corrected chi connectivity index (χ4v) is 3.84. The van der Waals surface area contributed by atoms with Crippen molar-refractivity contribution in [1.29, 1.82) is 5.26 Å². The molecule has 0 aliphatic rings. The molecular weight excluding hydrogens is 358 g/mol. The van der Waals surface area contributed by atoms with E-state index < -0.39 is 0 Å². The van der Waals surface area contributed by atoms with Gasteiger partial charge in [-0.15, -0.1) is 0 Å². The summed E-state index contributed by atoms with van der Waals surface area (Å²) in [5.41, 5.74) is 5.50. The molecule has 0 saturated carbocycles. The summed E-state index contributed by atoms with van der Waals surface area (Å²) >= 11 is 1.63. The molecule has 1 nitrogen and oxygen atoms in total. The Hall–Kier alpha value is -2.76. The van der Waals surface area contributed by atoms with Crippen molar-refractivity contribution in [3.63, 3.8) is 0 Å². The Bertz CT molecular complexity index is 1010. The van der Waals surface area contributed by atoms with Crippen LogP contribution in [0.1, 0.15) is 48.6 Å². The van der Waals surface area contributed by atoms with E-state index in [4.69, 9.17) is 0 Å². The molecule has 28 heavy (non-hydrogen) atoms. The second kappa shape index (κ2) is 8.50. The molecule has 0 bridgehead atoms. The molecule has 0 atom stereocenters. The molecule has 140 valence electrons. The van der Waals surface area contributed by atoms with Crippen molar-refractivity contribution in [2.24, 2.45) is 0 Å². The standard InChI is InChI=1S/C26H25NS/c1-19-8-16-23(17-9-19)28-25-7-5-6-21(24(25)18-27)13-10-20-11-14-22(15-12-20)26(2,3)4/h5-17H,1-4H3/b13-10+. The molecule has 0 saturated heterocycles. The highest BCUT2D eigenvalue weighted by molar-refractivity contribution is 7.99. The van der Waals surface area contributed by atoms with E-state index in [0.29, 0.717) is 0 Å². The maximum Gasteiger partial charge on any atom is 0.101 e. The highest BCUT2D eigenvalue weighted by Gasteiger charge is 2.12. The maximum absolute atomic E-state index is 9.75. The van der Waals surface area contributed by atoms with Crippen molar-refractivity contribution in [1.82, 2.24) is 0 Å². The van der Waals surface area contributed by atoms with E-state index in [0.717, 1.165) is 26.5 Å². The van der Waals surface area contributed by atoms with Crippen molar-refractivity contribution in [3.8, 4) is 6.07 Å². The van der Waals surface area contributed by atoms with Gasteiger partial charge in [0.25, 0.3) is 0 Å². The van der Waals surface area contributed by atoms with Gasteiger partial charge in [0.2, 0.25) is 0 Å². The third kappa shape index (κ3) is 4.94. The number of nitrogens with zero attached hydrogens (tertiary/aromatic N) is 1. The van der Waals surface area contributed by atoms with E-state index in [9.17, 15) is 5.26 Å². The van der Waals surface area contributed by atoms with Crippen LogP contribution in [0.4, 0.5) is 0 Å². The fraction of sp³-hybridized carbons (Fsp3) is 0.192. The van der Waals surface area contributed by atoms with Crippen LogP contribution >= 0.6 is 11.8 Å². The third-order valence-electron chi connectivity index (χ3n) is 4.65. The second-order valence-corrected chi connectivity index (χ2v) is 9.07. The van der Waals surface area contributed by atoms with Crippen molar-refractivity contribution in [3.05, 3.63) is 94.5 Å². The lowest BCUT2D eigenvalue weighted by atomic mass is 9.87. The molecule has 0 fully saturated rings. The Morgan fingerprint density at radius 2 is 1.54 bits per heavy atom. The van der Waals surface area contributed by atoms with Crippen LogP contribution in [0.25, 0.3) is 12.2 Å². The van der Waals surface area contributed by atoms with Crippen molar-refractivity contribution in [2.75, 3.05) is 0 Å². The zero-order valence-electron chi connectivity index (χ0n) is 16.9. The first kappa shape index (κ1) is 20.0. The lowest BCUT2D eigenvalue weighted by Crippen LogP contribution is -2.10. The topological polar surface area (TPSA) is 23.8 Å². The molecular formula is C26H25NS. The Kier molecular flexibility index (Phi) is 6.07. The molecule has 3 rings (SSSR count). The predicted octanol–water partition coefficient (Wildman–Crippen LogP) is 7.49. The molecule has 3 aromatic carbocycles. The van der Waals surface area contributed by atoms with Crippen LogP contribution in [0.15, 0.2) is 76.5 Å². The number of hydrogen-bond acceptors (Lipinski definition) is 2. The Labute approximate surface area is 172 Å². The molecule has 0 radical (unpaired) electrons. The predicted molar refractivity (Wildman–Crippen MR) is 121 cm³/mol. The van der Waals surface area contributed by atoms with Gasteiger partial charge in [0.1, 0.15) is 6.07 Å². The first-order valence-corrected chi connectivity index (χ1v) is 10.2. The second-order valence-electron chi connectivity index (χ2n) is 7.95. The van der Waals surface area contributed by atoms with Crippen LogP contribution in [0.3, 0.4) is 0 Å². The number of hydrogen-bond donors (Lipinski definition) is 0. The largest absolute Gasteiger partial charge is 0.192 e. The van der Waals surface area contributed by atoms with Crippen LogP contribution in [0.2, 0.25) is 0 Å². The quantitative estimate of drug-likeness (QED) is 0.436. The molecule has 0 spiro atoms. The van der Waals surface area contributed by atoms with Gasteiger partial charge >= 0.3 is 0 Å². The maximum atomic E-state index is 9.75. The lowest BCUT2D eigenvalue weighted by Gasteiger charge is -2.18. The number of benzene rings is 3. The summed E-state index contributed by atoms with van der Waals surface area (Å²) in [6, 6.07) is 25.4. The highest BCUT2D eigenvalue weighted by atomic mass is 32.2. The summed E-state index contributed by atoms with van der Waals surface area (Å²) in [5.74, 6) is 0. The van der Waals surface area contributed by atoms with Crippen molar-refractivity contribution in [2.45, 2.75) is 42.9 Å². The fourth-order valence-electron chi connectivity index (χ4n) is 2.91. The van der Waals surface area contributed by atoms with Gasteiger partial charge < -0.3 is 0 Å². The van der Waals surface area contributed by atoms with E-state index in [1.54, 1.807) is 11.8 Å². The van der Waals surface area contributed by atoms with E-state index >= 15 is 0 Å². The van der Waals surface area contributed by atoms with E-state index in [-0.39, 0.29) is 5.41 Å². The molecule has 0 unspecified atom stereocenters. The van der Waals surface area contributed by atoms with Crippen LogP contribution in [0, 0.1) is 18.3 Å². The van der Waals surface area contributed by atoms with E-state index in [1.807, 2.05) is 24.3 Å². The first-order valence-electron chi connectivity index (χ1n) is 9.43. The molecule has 0 aliphatic heterocycles. The average Bonchev–Trinajstić information content (AvgIpc) is 2.68. The average molecular weight is 384 g/mol. The number of aryl methyl sites for hydroxylation is 1. The van der Waals surface area contributed by atoms with Gasteiger partial charge in [0.05, 0.1) is 5.56 Å². The minimum atomic E-state index is 0.151. The Balaban J connectivity index is 1.85. The summed E-state index contributed by atoms with van der Waals surface area (Å²) < 4.78 is 0. The summed E-state index contributed by atoms with van der Waals surface area (Å²) in [6.07, 6.45) is 4.10. The summed E-state index contributed by atoms with van der Waals surface area (Å²) in [4.78, 5) is 2.12. The van der Waals surface area contributed by atoms with Crippen molar-refractivity contribution >= 4 is 23.9 Å². The normalized spacial score (nSPS) is 11.5. The minimum absolute atomic E-state index is 0.151. The highest BCUT2D eigenvalue weighted by Crippen LogP contribution is 2.32. The SMILES string of the molecule is Cc1ccc(Sc2cccc(/C=C/c3ccc(C(C)(C)C)cc3)c2C#N)cc1. The van der Waals surface area contributed by atoms with Gasteiger partial charge in [-0.25, -0.2) is 0 Å². The smallest absolute Gasteiger partial charge is 0.101 e. The minimum Gasteiger partial charge on any atom is -0.192 e. The molecule has 0 aromatic heterocycles. The van der Waals surface area contributed by atoms with Crippen LogP contribution in [-0.2, 0) is 5.41 Å². The van der Waals surface area contributed by atoms with Crippen LogP contribution < -0.4 is 0 Å². The molecule has 0 amide bonds. The van der Waals surface area contributed by atoms with Gasteiger partial charge in [-0.1, -0.05) is 98.8 Å². The van der Waals surface area contributed by atoms with Gasteiger partial charge in [0.15, 0.2) is 0 Å². The van der Waals surface area contributed by atoms with Gasteiger partial charge in [-0.05, 0) is 47.2 Å².